The smallest absolute Gasteiger partial charge is 0.150 e. The predicted molar refractivity (Wildman–Crippen MR) is 46.7 cm³/mol. The van der Waals surface area contributed by atoms with Gasteiger partial charge < -0.3 is 0 Å². The molecule has 1 aromatic carbocycles. The van der Waals surface area contributed by atoms with Gasteiger partial charge in [0.15, 0.2) is 0 Å². The summed E-state index contributed by atoms with van der Waals surface area (Å²) in [7, 11) is 0. The summed E-state index contributed by atoms with van der Waals surface area (Å²) in [5, 5.41) is 7.49. The first-order valence-corrected chi connectivity index (χ1v) is 3.82. The molecule has 0 unspecified atom stereocenters. The van der Waals surface area contributed by atoms with Crippen molar-refractivity contribution in [2.45, 2.75) is 0 Å². The molecule has 0 atom stereocenters. The van der Waals surface area contributed by atoms with Crippen LogP contribution in [0.4, 0.5) is 0 Å². The third kappa shape index (κ3) is 1.46. The lowest BCUT2D eigenvalue weighted by molar-refractivity contribution is 0.112. The maximum atomic E-state index is 10.5. The van der Waals surface area contributed by atoms with Gasteiger partial charge in [-0.1, -0.05) is 17.3 Å². The summed E-state index contributed by atoms with van der Waals surface area (Å²) in [5.74, 6) is 0. The van der Waals surface area contributed by atoms with Gasteiger partial charge in [-0.2, -0.15) is 0 Å². The Kier molecular flexibility index (Phi) is 1.88. The molecule has 0 N–H and O–H groups in total. The van der Waals surface area contributed by atoms with Crippen molar-refractivity contribution in [3.05, 3.63) is 42.2 Å². The second kappa shape index (κ2) is 3.18. The molecule has 4 heteroatoms. The number of hydrogen-bond donors (Lipinski definition) is 0. The maximum Gasteiger partial charge on any atom is 0.150 e. The minimum absolute atomic E-state index is 0.632. The zero-order chi connectivity index (χ0) is 9.10. The molecule has 0 bridgehead atoms. The van der Waals surface area contributed by atoms with Crippen molar-refractivity contribution in [1.29, 1.82) is 0 Å². The van der Waals surface area contributed by atoms with Gasteiger partial charge >= 0.3 is 0 Å². The lowest BCUT2D eigenvalue weighted by Gasteiger charge is -1.99. The molecule has 64 valence electrons. The summed E-state index contributed by atoms with van der Waals surface area (Å²) < 4.78 is 1.60. The molecule has 0 aliphatic heterocycles. The van der Waals surface area contributed by atoms with E-state index in [0.29, 0.717) is 5.56 Å². The van der Waals surface area contributed by atoms with Crippen molar-refractivity contribution >= 4 is 6.29 Å². The Bertz CT molecular complexity index is 409. The molecule has 0 amide bonds. The average Bonchev–Trinajstić information content (AvgIpc) is 2.71. The van der Waals surface area contributed by atoms with Crippen LogP contribution in [0.3, 0.4) is 0 Å². The van der Waals surface area contributed by atoms with E-state index in [1.54, 1.807) is 35.3 Å². The highest BCUT2D eigenvalue weighted by Crippen LogP contribution is 2.06. The molecular weight excluding hydrogens is 166 g/mol. The van der Waals surface area contributed by atoms with Crippen molar-refractivity contribution in [2.75, 3.05) is 0 Å². The van der Waals surface area contributed by atoms with Gasteiger partial charge in [0, 0.05) is 5.56 Å². The molecule has 1 aromatic heterocycles. The molecule has 0 saturated carbocycles. The van der Waals surface area contributed by atoms with Crippen LogP contribution in [-0.2, 0) is 0 Å². The van der Waals surface area contributed by atoms with Gasteiger partial charge in [-0.05, 0) is 12.1 Å². The van der Waals surface area contributed by atoms with Crippen LogP contribution < -0.4 is 0 Å². The van der Waals surface area contributed by atoms with Crippen molar-refractivity contribution < 1.29 is 4.79 Å². The number of carbonyl (C=O) groups is 1. The number of rotatable bonds is 2. The Morgan fingerprint density at radius 3 is 3.00 bits per heavy atom. The largest absolute Gasteiger partial charge is 0.298 e. The summed E-state index contributed by atoms with van der Waals surface area (Å²) in [5.41, 5.74) is 1.47. The fraction of sp³-hybridized carbons (Fsp3) is 0. The number of nitrogens with zero attached hydrogens (tertiary/aromatic N) is 3. The highest BCUT2D eigenvalue weighted by Gasteiger charge is 1.96. The Hall–Kier alpha value is -1.97. The quantitative estimate of drug-likeness (QED) is 0.638. The molecule has 0 spiro atoms. The summed E-state index contributed by atoms with van der Waals surface area (Å²) in [6.45, 7) is 0. The van der Waals surface area contributed by atoms with Crippen LogP contribution in [0, 0.1) is 0 Å². The van der Waals surface area contributed by atoms with E-state index >= 15 is 0 Å². The van der Waals surface area contributed by atoms with E-state index in [9.17, 15) is 4.79 Å². The van der Waals surface area contributed by atoms with Crippen LogP contribution >= 0.6 is 0 Å². The average molecular weight is 173 g/mol. The second-order valence-electron chi connectivity index (χ2n) is 2.56. The summed E-state index contributed by atoms with van der Waals surface area (Å²) >= 11 is 0. The third-order valence-corrected chi connectivity index (χ3v) is 1.69. The number of hydrogen-bond acceptors (Lipinski definition) is 3. The van der Waals surface area contributed by atoms with E-state index in [2.05, 4.69) is 10.3 Å². The minimum Gasteiger partial charge on any atom is -0.298 e. The minimum atomic E-state index is 0.632. The van der Waals surface area contributed by atoms with E-state index < -0.39 is 0 Å². The first-order chi connectivity index (χ1) is 6.40. The van der Waals surface area contributed by atoms with E-state index in [1.165, 1.54) is 0 Å². The molecule has 2 aromatic rings. The number of benzene rings is 1. The normalized spacial score (nSPS) is 9.85. The molecule has 0 radical (unpaired) electrons. The van der Waals surface area contributed by atoms with Crippen molar-refractivity contribution in [1.82, 2.24) is 15.0 Å². The topological polar surface area (TPSA) is 47.8 Å². The third-order valence-electron chi connectivity index (χ3n) is 1.69. The van der Waals surface area contributed by atoms with Crippen LogP contribution in [0.1, 0.15) is 10.4 Å². The monoisotopic (exact) mass is 173 g/mol. The zero-order valence-corrected chi connectivity index (χ0v) is 6.79. The van der Waals surface area contributed by atoms with Gasteiger partial charge in [-0.15, -0.1) is 5.10 Å². The van der Waals surface area contributed by atoms with Gasteiger partial charge in [0.2, 0.25) is 0 Å². The maximum absolute atomic E-state index is 10.5. The molecule has 0 aliphatic rings. The van der Waals surface area contributed by atoms with Crippen LogP contribution in [0.5, 0.6) is 0 Å². The van der Waals surface area contributed by atoms with Gasteiger partial charge in [-0.3, -0.25) is 4.79 Å². The number of aldehydes is 1. The molecular formula is C9H7N3O. The van der Waals surface area contributed by atoms with Crippen LogP contribution in [0.15, 0.2) is 36.7 Å². The van der Waals surface area contributed by atoms with Gasteiger partial charge in [0.1, 0.15) is 6.29 Å². The van der Waals surface area contributed by atoms with E-state index in [0.717, 1.165) is 12.0 Å². The van der Waals surface area contributed by atoms with E-state index in [4.69, 9.17) is 0 Å². The number of aromatic nitrogens is 3. The van der Waals surface area contributed by atoms with Gasteiger partial charge in [0.05, 0.1) is 18.1 Å². The fourth-order valence-corrected chi connectivity index (χ4v) is 1.09. The fourth-order valence-electron chi connectivity index (χ4n) is 1.09. The standard InChI is InChI=1S/C9H7N3O/c13-7-8-2-1-3-9(6-8)12-5-4-10-11-12/h1-7H. The van der Waals surface area contributed by atoms with Crippen molar-refractivity contribution in [2.24, 2.45) is 0 Å². The Labute approximate surface area is 74.8 Å². The van der Waals surface area contributed by atoms with Crippen molar-refractivity contribution in [3.63, 3.8) is 0 Å². The first-order valence-electron chi connectivity index (χ1n) is 3.82. The summed E-state index contributed by atoms with van der Waals surface area (Å²) in [4.78, 5) is 10.5. The second-order valence-corrected chi connectivity index (χ2v) is 2.56. The summed E-state index contributed by atoms with van der Waals surface area (Å²) in [6.07, 6.45) is 4.12. The molecule has 0 fully saturated rings. The molecule has 0 saturated heterocycles. The SMILES string of the molecule is O=Cc1cccc(-n2ccnn2)c1. The van der Waals surface area contributed by atoms with Gasteiger partial charge in [-0.25, -0.2) is 4.68 Å². The highest BCUT2D eigenvalue weighted by molar-refractivity contribution is 5.75. The predicted octanol–water partition coefficient (Wildman–Crippen LogP) is 1.08. The van der Waals surface area contributed by atoms with Crippen LogP contribution in [0.25, 0.3) is 5.69 Å². The molecule has 0 aliphatic carbocycles. The summed E-state index contributed by atoms with van der Waals surface area (Å²) in [6, 6.07) is 7.16. The van der Waals surface area contributed by atoms with Gasteiger partial charge in [0.25, 0.3) is 0 Å². The zero-order valence-electron chi connectivity index (χ0n) is 6.79. The highest BCUT2D eigenvalue weighted by atomic mass is 16.1. The van der Waals surface area contributed by atoms with E-state index in [-0.39, 0.29) is 0 Å². The Morgan fingerprint density at radius 1 is 1.38 bits per heavy atom. The van der Waals surface area contributed by atoms with Crippen LogP contribution in [-0.4, -0.2) is 21.3 Å². The first kappa shape index (κ1) is 7.67. The van der Waals surface area contributed by atoms with E-state index in [1.807, 2.05) is 6.07 Å². The van der Waals surface area contributed by atoms with Crippen LogP contribution in [0.2, 0.25) is 0 Å². The van der Waals surface area contributed by atoms with Crippen molar-refractivity contribution in [3.8, 4) is 5.69 Å². The number of carbonyl (C=O) groups excluding carboxylic acids is 1. The molecule has 13 heavy (non-hydrogen) atoms. The molecule has 1 heterocycles. The Morgan fingerprint density at radius 2 is 2.31 bits per heavy atom. The lowest BCUT2D eigenvalue weighted by Crippen LogP contribution is -1.95. The lowest BCUT2D eigenvalue weighted by atomic mass is 10.2. The molecule has 2 rings (SSSR count). The Balaban J connectivity index is 2.47. The molecule has 4 nitrogen and oxygen atoms in total.